The Labute approximate surface area is 176 Å². The highest BCUT2D eigenvalue weighted by molar-refractivity contribution is 5.79. The van der Waals surface area contributed by atoms with Gasteiger partial charge in [0, 0.05) is 30.6 Å². The number of piperidine rings is 2. The number of carbonyl (C=O) groups is 1. The highest BCUT2D eigenvalue weighted by atomic mass is 19.4. The quantitative estimate of drug-likeness (QED) is 0.744. The number of nitrogens with zero attached hydrogens (tertiary/aromatic N) is 1. The van der Waals surface area contributed by atoms with Crippen molar-refractivity contribution >= 4 is 5.91 Å². The normalized spacial score (nSPS) is 37.7. The fraction of sp³-hybridized carbons (Fsp3) is 0.708. The highest BCUT2D eigenvalue weighted by Gasteiger charge is 2.72. The minimum absolute atomic E-state index is 0.109. The number of nitrogens with one attached hydrogen (secondary N) is 1. The topological polar surface area (TPSA) is 32.3 Å². The maximum absolute atomic E-state index is 12.9. The molecule has 1 aromatic rings. The molecule has 2 saturated carbocycles. The Morgan fingerprint density at radius 1 is 1.17 bits per heavy atom. The van der Waals surface area contributed by atoms with E-state index >= 15 is 0 Å². The van der Waals surface area contributed by atoms with Gasteiger partial charge in [0.15, 0.2) is 0 Å². The van der Waals surface area contributed by atoms with Crippen LogP contribution in [0.1, 0.15) is 63.5 Å². The van der Waals surface area contributed by atoms with E-state index in [9.17, 15) is 18.0 Å². The van der Waals surface area contributed by atoms with E-state index < -0.39 is 11.7 Å². The van der Waals surface area contributed by atoms with Crippen LogP contribution in [-0.2, 0) is 17.5 Å². The molecule has 5 rings (SSSR count). The molecule has 2 heterocycles. The van der Waals surface area contributed by atoms with Crippen LogP contribution < -0.4 is 5.32 Å². The number of hydrogen-bond donors (Lipinski definition) is 1. The molecular formula is C24H31F3N2O. The van der Waals surface area contributed by atoms with Gasteiger partial charge in [-0.2, -0.15) is 13.2 Å². The smallest absolute Gasteiger partial charge is 0.333 e. The van der Waals surface area contributed by atoms with Crippen LogP contribution in [0.4, 0.5) is 13.2 Å². The third kappa shape index (κ3) is 3.17. The summed E-state index contributed by atoms with van der Waals surface area (Å²) in [6, 6.07) is 6.23. The molecule has 1 N–H and O–H groups in total. The van der Waals surface area contributed by atoms with E-state index in [1.165, 1.54) is 18.6 Å². The third-order valence-corrected chi connectivity index (χ3v) is 8.41. The molecule has 2 saturated heterocycles. The van der Waals surface area contributed by atoms with E-state index in [1.807, 2.05) is 0 Å². The fourth-order valence-corrected chi connectivity index (χ4v) is 6.98. The summed E-state index contributed by atoms with van der Waals surface area (Å²) in [7, 11) is 0. The van der Waals surface area contributed by atoms with Crippen molar-refractivity contribution in [2.45, 2.75) is 82.7 Å². The van der Waals surface area contributed by atoms with E-state index in [0.717, 1.165) is 31.2 Å². The number of alkyl halides is 3. The molecule has 1 amide bonds. The van der Waals surface area contributed by atoms with Crippen LogP contribution in [0.5, 0.6) is 0 Å². The summed E-state index contributed by atoms with van der Waals surface area (Å²) in [4.78, 5) is 15.2. The number of carbonyl (C=O) groups excluding carboxylic acids is 1. The van der Waals surface area contributed by atoms with Gasteiger partial charge in [-0.3, -0.25) is 4.79 Å². The molecule has 0 radical (unpaired) electrons. The van der Waals surface area contributed by atoms with Crippen LogP contribution in [-0.4, -0.2) is 28.4 Å². The van der Waals surface area contributed by atoms with E-state index in [-0.39, 0.29) is 5.54 Å². The molecule has 1 spiro atoms. The van der Waals surface area contributed by atoms with Gasteiger partial charge < -0.3 is 10.2 Å². The molecule has 6 heteroatoms. The Morgan fingerprint density at radius 2 is 1.90 bits per heavy atom. The Morgan fingerprint density at radius 3 is 2.57 bits per heavy atom. The number of halogens is 3. The first-order chi connectivity index (χ1) is 14.2. The largest absolute Gasteiger partial charge is 0.416 e. The third-order valence-electron chi connectivity index (χ3n) is 8.41. The molecule has 30 heavy (non-hydrogen) atoms. The van der Waals surface area contributed by atoms with Crippen LogP contribution in [0, 0.1) is 23.7 Å². The zero-order valence-corrected chi connectivity index (χ0v) is 17.7. The lowest BCUT2D eigenvalue weighted by atomic mass is 9.75. The second-order valence-corrected chi connectivity index (χ2v) is 10.4. The van der Waals surface area contributed by atoms with E-state index in [4.69, 9.17) is 0 Å². The van der Waals surface area contributed by atoms with Crippen molar-refractivity contribution in [1.82, 2.24) is 10.2 Å². The second kappa shape index (κ2) is 6.98. The van der Waals surface area contributed by atoms with E-state index in [0.29, 0.717) is 54.6 Å². The summed E-state index contributed by atoms with van der Waals surface area (Å²) >= 11 is 0. The molecule has 0 aromatic heterocycles. The summed E-state index contributed by atoms with van der Waals surface area (Å²) < 4.78 is 38.4. The van der Waals surface area contributed by atoms with Gasteiger partial charge in [-0.25, -0.2) is 0 Å². The van der Waals surface area contributed by atoms with Gasteiger partial charge in [0.2, 0.25) is 5.91 Å². The minimum Gasteiger partial charge on any atom is -0.333 e. The van der Waals surface area contributed by atoms with Crippen molar-refractivity contribution in [2.75, 3.05) is 0 Å². The molecule has 2 aliphatic carbocycles. The van der Waals surface area contributed by atoms with Gasteiger partial charge in [0.05, 0.1) is 5.56 Å². The average molecular weight is 421 g/mol. The van der Waals surface area contributed by atoms with E-state index in [2.05, 4.69) is 24.1 Å². The fourth-order valence-electron chi connectivity index (χ4n) is 6.98. The highest BCUT2D eigenvalue weighted by Crippen LogP contribution is 2.68. The Hall–Kier alpha value is -1.56. The lowest BCUT2D eigenvalue weighted by molar-refractivity contribution is -0.150. The van der Waals surface area contributed by atoms with Gasteiger partial charge in [-0.05, 0) is 73.5 Å². The minimum atomic E-state index is -4.29. The summed E-state index contributed by atoms with van der Waals surface area (Å²) in [5.41, 5.74) is 0.400. The van der Waals surface area contributed by atoms with Gasteiger partial charge >= 0.3 is 6.18 Å². The molecule has 4 aliphatic rings. The van der Waals surface area contributed by atoms with Crippen LogP contribution >= 0.6 is 0 Å². The van der Waals surface area contributed by atoms with Crippen LogP contribution in [0.25, 0.3) is 0 Å². The van der Waals surface area contributed by atoms with Crippen molar-refractivity contribution < 1.29 is 18.0 Å². The molecule has 3 nitrogen and oxygen atoms in total. The van der Waals surface area contributed by atoms with Crippen molar-refractivity contribution in [3.63, 3.8) is 0 Å². The van der Waals surface area contributed by atoms with Crippen molar-refractivity contribution in [2.24, 2.45) is 23.7 Å². The molecule has 1 aromatic carbocycles. The predicted octanol–water partition coefficient (Wildman–Crippen LogP) is 5.00. The first kappa shape index (κ1) is 20.3. The SMILES string of the molecule is CC(C)[C@H]1CC2C[C@@H](NCc3ccc(C(F)(F)F)cc3)C[C@H]3CCC(=O)N1C31CC21. The maximum atomic E-state index is 12.9. The van der Waals surface area contributed by atoms with Gasteiger partial charge in [0.25, 0.3) is 0 Å². The number of hydrogen-bond acceptors (Lipinski definition) is 2. The second-order valence-electron chi connectivity index (χ2n) is 10.4. The zero-order chi connectivity index (χ0) is 21.3. The van der Waals surface area contributed by atoms with Crippen molar-refractivity contribution in [3.05, 3.63) is 35.4 Å². The first-order valence-electron chi connectivity index (χ1n) is 11.4. The average Bonchev–Trinajstić information content (AvgIpc) is 3.43. The Bertz CT molecular complexity index is 821. The van der Waals surface area contributed by atoms with Crippen molar-refractivity contribution in [3.8, 4) is 0 Å². The number of amides is 1. The molecule has 6 atom stereocenters. The first-order valence-corrected chi connectivity index (χ1v) is 11.4. The molecule has 4 fully saturated rings. The Balaban J connectivity index is 1.31. The summed E-state index contributed by atoms with van der Waals surface area (Å²) in [5.74, 6) is 2.69. The molecular weight excluding hydrogens is 389 g/mol. The molecule has 3 unspecified atom stereocenters. The van der Waals surface area contributed by atoms with Crippen molar-refractivity contribution in [1.29, 1.82) is 0 Å². The predicted molar refractivity (Wildman–Crippen MR) is 108 cm³/mol. The van der Waals surface area contributed by atoms with Crippen LogP contribution in [0.15, 0.2) is 24.3 Å². The van der Waals surface area contributed by atoms with Gasteiger partial charge in [-0.15, -0.1) is 0 Å². The van der Waals surface area contributed by atoms with Crippen LogP contribution in [0.2, 0.25) is 0 Å². The lowest BCUT2D eigenvalue weighted by Gasteiger charge is -2.51. The summed E-state index contributed by atoms with van der Waals surface area (Å²) in [5, 5.41) is 3.66. The van der Waals surface area contributed by atoms with Gasteiger partial charge in [0.1, 0.15) is 0 Å². The standard InChI is InChI=1S/C24H31F3N2O/c1-14(2)21-10-16-9-19(28-13-15-3-5-17(6-4-15)24(25,26)27)11-18-7-8-22(30)29(21)23(18)12-20(16)23/h3-6,14,16,18-21,28H,7-13H2,1-2H3/t16?,18-,19-,20?,21-,23?/m1/s1. The Kier molecular flexibility index (Phi) is 4.73. The zero-order valence-electron chi connectivity index (χ0n) is 17.7. The molecule has 2 aliphatic heterocycles. The lowest BCUT2D eigenvalue weighted by Crippen LogP contribution is -2.60. The summed E-state index contributed by atoms with van der Waals surface area (Å²) in [6.07, 6.45) is 1.84. The van der Waals surface area contributed by atoms with Gasteiger partial charge in [-0.1, -0.05) is 26.0 Å². The molecule has 2 bridgehead atoms. The number of benzene rings is 1. The molecule has 164 valence electrons. The maximum Gasteiger partial charge on any atom is 0.416 e. The van der Waals surface area contributed by atoms with E-state index in [1.54, 1.807) is 12.1 Å². The monoisotopic (exact) mass is 420 g/mol. The summed E-state index contributed by atoms with van der Waals surface area (Å²) in [6.45, 7) is 5.08. The van der Waals surface area contributed by atoms with Crippen LogP contribution in [0.3, 0.4) is 0 Å². The number of rotatable bonds is 4.